The van der Waals surface area contributed by atoms with Gasteiger partial charge in [-0.1, -0.05) is 32.0 Å². The highest BCUT2D eigenvalue weighted by molar-refractivity contribution is 8.15. The van der Waals surface area contributed by atoms with E-state index in [2.05, 4.69) is 18.0 Å². The fraction of sp³-hybridized carbons (Fsp3) is 0.417. The van der Waals surface area contributed by atoms with Crippen LogP contribution in [-0.2, 0) is 28.8 Å². The minimum atomic E-state index is -0.896. The Morgan fingerprint density at radius 3 is 2.47 bits per heavy atom. The third kappa shape index (κ3) is 6.09. The second kappa shape index (κ2) is 11.1. The van der Waals surface area contributed by atoms with Crippen LogP contribution < -0.4 is 4.74 Å². The van der Waals surface area contributed by atoms with E-state index >= 15 is 0 Å². The largest absolute Gasteiger partial charge is 0.493 e. The highest BCUT2D eigenvalue weighted by atomic mass is 32.2. The summed E-state index contributed by atoms with van der Waals surface area (Å²) in [6.45, 7) is 6.18. The third-order valence-corrected chi connectivity index (χ3v) is 6.28. The van der Waals surface area contributed by atoms with Crippen LogP contribution in [0.1, 0.15) is 44.0 Å². The van der Waals surface area contributed by atoms with Crippen molar-refractivity contribution in [3.8, 4) is 5.75 Å². The number of hydrogen-bond acceptors (Lipinski definition) is 7. The number of benzene rings is 1. The van der Waals surface area contributed by atoms with Crippen molar-refractivity contribution in [2.45, 2.75) is 57.8 Å². The molecule has 0 radical (unpaired) electrons. The molecule has 3 rings (SSSR count). The average Bonchev–Trinajstić information content (AvgIpc) is 3.08. The summed E-state index contributed by atoms with van der Waals surface area (Å²) >= 11 is 0.856. The van der Waals surface area contributed by atoms with Gasteiger partial charge in [0, 0.05) is 18.3 Å². The SMILES string of the molecule is CCc1ccc(CCOc2ccc(CC3SC(=O)N(C(=O)OC(C)CC)C3=O)cc2)nc1. The van der Waals surface area contributed by atoms with Crippen LogP contribution in [-0.4, -0.2) is 45.1 Å². The van der Waals surface area contributed by atoms with Gasteiger partial charge >= 0.3 is 6.09 Å². The Morgan fingerprint density at radius 1 is 1.12 bits per heavy atom. The van der Waals surface area contributed by atoms with Gasteiger partial charge in [-0.2, -0.15) is 4.90 Å². The number of ether oxygens (including phenoxy) is 2. The van der Waals surface area contributed by atoms with Crippen LogP contribution >= 0.6 is 11.8 Å². The van der Waals surface area contributed by atoms with Crippen molar-refractivity contribution in [3.05, 3.63) is 59.4 Å². The first-order valence-corrected chi connectivity index (χ1v) is 11.7. The Labute approximate surface area is 192 Å². The molecule has 1 saturated heterocycles. The Kier molecular flexibility index (Phi) is 8.27. The van der Waals surface area contributed by atoms with Crippen molar-refractivity contribution in [1.82, 2.24) is 9.88 Å². The number of aromatic nitrogens is 1. The first kappa shape index (κ1) is 23.8. The molecule has 1 aliphatic heterocycles. The summed E-state index contributed by atoms with van der Waals surface area (Å²) in [5.41, 5.74) is 3.07. The molecule has 0 aliphatic carbocycles. The zero-order valence-electron chi connectivity index (χ0n) is 18.6. The van der Waals surface area contributed by atoms with E-state index in [1.54, 1.807) is 6.92 Å². The quantitative estimate of drug-likeness (QED) is 0.535. The molecule has 1 aliphatic rings. The maximum Gasteiger partial charge on any atom is 0.424 e. The van der Waals surface area contributed by atoms with Crippen LogP contribution in [0.25, 0.3) is 0 Å². The Morgan fingerprint density at radius 2 is 1.84 bits per heavy atom. The molecule has 2 aromatic rings. The van der Waals surface area contributed by atoms with Gasteiger partial charge in [-0.3, -0.25) is 14.6 Å². The van der Waals surface area contributed by atoms with E-state index < -0.39 is 22.5 Å². The third-order valence-electron chi connectivity index (χ3n) is 5.25. The van der Waals surface area contributed by atoms with Gasteiger partial charge in [0.2, 0.25) is 0 Å². The van der Waals surface area contributed by atoms with E-state index in [1.165, 1.54) is 5.56 Å². The van der Waals surface area contributed by atoms with Gasteiger partial charge in [-0.05, 0) is 67.3 Å². The number of carbonyl (C=O) groups excluding carboxylic acids is 3. The molecule has 0 N–H and O–H groups in total. The lowest BCUT2D eigenvalue weighted by Gasteiger charge is -2.16. The predicted octanol–water partition coefficient (Wildman–Crippen LogP) is 4.81. The first-order valence-electron chi connectivity index (χ1n) is 10.8. The average molecular weight is 457 g/mol. The van der Waals surface area contributed by atoms with Crippen LogP contribution in [0.5, 0.6) is 5.75 Å². The summed E-state index contributed by atoms with van der Waals surface area (Å²) in [4.78, 5) is 41.9. The van der Waals surface area contributed by atoms with Crippen LogP contribution in [0.4, 0.5) is 9.59 Å². The summed E-state index contributed by atoms with van der Waals surface area (Å²) in [6, 6.07) is 11.5. The number of rotatable bonds is 9. The molecular formula is C24H28N2O5S. The van der Waals surface area contributed by atoms with Crippen LogP contribution in [0.15, 0.2) is 42.6 Å². The van der Waals surface area contributed by atoms with Crippen molar-refractivity contribution in [1.29, 1.82) is 0 Å². The second-order valence-electron chi connectivity index (χ2n) is 7.61. The van der Waals surface area contributed by atoms with Gasteiger partial charge in [0.1, 0.15) is 11.9 Å². The molecule has 0 spiro atoms. The number of nitrogens with zero attached hydrogens (tertiary/aromatic N) is 2. The summed E-state index contributed by atoms with van der Waals surface area (Å²) in [7, 11) is 0. The van der Waals surface area contributed by atoms with Crippen LogP contribution in [0.2, 0.25) is 0 Å². The summed E-state index contributed by atoms with van der Waals surface area (Å²) in [6.07, 6.45) is 3.27. The van der Waals surface area contributed by atoms with Gasteiger partial charge in [0.15, 0.2) is 0 Å². The van der Waals surface area contributed by atoms with Gasteiger partial charge in [0.05, 0.1) is 11.9 Å². The predicted molar refractivity (Wildman–Crippen MR) is 123 cm³/mol. The van der Waals surface area contributed by atoms with Crippen LogP contribution in [0, 0.1) is 0 Å². The van der Waals surface area contributed by atoms with Gasteiger partial charge < -0.3 is 9.47 Å². The number of hydrogen-bond donors (Lipinski definition) is 0. The molecule has 3 amide bonds. The number of pyridine rings is 1. The number of thioether (sulfide) groups is 1. The molecule has 2 unspecified atom stereocenters. The number of amides is 3. The molecule has 8 heteroatoms. The van der Waals surface area contributed by atoms with Crippen molar-refractivity contribution in [2.24, 2.45) is 0 Å². The lowest BCUT2D eigenvalue weighted by atomic mass is 10.1. The fourth-order valence-corrected chi connectivity index (χ4v) is 4.08. The van der Waals surface area contributed by atoms with E-state index in [-0.39, 0.29) is 6.10 Å². The van der Waals surface area contributed by atoms with Crippen molar-refractivity contribution < 1.29 is 23.9 Å². The summed E-state index contributed by atoms with van der Waals surface area (Å²) in [5.74, 6) is 0.189. The lowest BCUT2D eigenvalue weighted by molar-refractivity contribution is -0.125. The minimum Gasteiger partial charge on any atom is -0.493 e. The molecule has 1 aromatic heterocycles. The monoisotopic (exact) mass is 456 g/mol. The van der Waals surface area contributed by atoms with E-state index in [0.29, 0.717) is 30.8 Å². The molecule has 7 nitrogen and oxygen atoms in total. The lowest BCUT2D eigenvalue weighted by Crippen LogP contribution is -2.39. The molecule has 2 heterocycles. The normalized spacial score (nSPS) is 16.8. The van der Waals surface area contributed by atoms with E-state index in [9.17, 15) is 14.4 Å². The highest BCUT2D eigenvalue weighted by Gasteiger charge is 2.44. The summed E-state index contributed by atoms with van der Waals surface area (Å²) in [5, 5.41) is -1.23. The van der Waals surface area contributed by atoms with Gasteiger partial charge in [-0.25, -0.2) is 4.79 Å². The van der Waals surface area contributed by atoms with Crippen molar-refractivity contribution in [3.63, 3.8) is 0 Å². The van der Waals surface area contributed by atoms with E-state index in [1.807, 2.05) is 43.5 Å². The molecule has 2 atom stereocenters. The highest BCUT2D eigenvalue weighted by Crippen LogP contribution is 2.30. The molecular weight excluding hydrogens is 428 g/mol. The number of carbonyl (C=O) groups is 3. The van der Waals surface area contributed by atoms with Crippen molar-refractivity contribution in [2.75, 3.05) is 6.61 Å². The van der Waals surface area contributed by atoms with Crippen molar-refractivity contribution >= 4 is 29.0 Å². The zero-order chi connectivity index (χ0) is 23.1. The molecule has 0 saturated carbocycles. The van der Waals surface area contributed by atoms with E-state index in [4.69, 9.17) is 9.47 Å². The Bertz CT molecular complexity index is 946. The first-order chi connectivity index (χ1) is 15.4. The smallest absolute Gasteiger partial charge is 0.424 e. The standard InChI is InChI=1S/C24H28N2O5S/c1-4-16(3)31-23(28)26-22(27)21(32-24(26)29)14-18-7-10-20(11-8-18)30-13-12-19-9-6-17(5-2)15-25-19/h6-11,15-16,21H,4-5,12-14H2,1-3H3. The summed E-state index contributed by atoms with van der Waals surface area (Å²) < 4.78 is 10.9. The molecule has 0 bridgehead atoms. The Balaban J connectivity index is 1.50. The minimum absolute atomic E-state index is 0.344. The second-order valence-corrected chi connectivity index (χ2v) is 8.76. The molecule has 170 valence electrons. The molecule has 1 fully saturated rings. The zero-order valence-corrected chi connectivity index (χ0v) is 19.4. The van der Waals surface area contributed by atoms with Crippen LogP contribution in [0.3, 0.4) is 0 Å². The van der Waals surface area contributed by atoms with E-state index in [0.717, 1.165) is 35.2 Å². The maximum atomic E-state index is 12.6. The topological polar surface area (TPSA) is 85.8 Å². The number of imide groups is 3. The fourth-order valence-electron chi connectivity index (χ4n) is 3.08. The van der Waals surface area contributed by atoms with Gasteiger partial charge in [-0.15, -0.1) is 0 Å². The van der Waals surface area contributed by atoms with Gasteiger partial charge in [0.25, 0.3) is 11.1 Å². The Hall–Kier alpha value is -2.87. The maximum absolute atomic E-state index is 12.6. The number of aryl methyl sites for hydroxylation is 1. The molecule has 1 aromatic carbocycles. The molecule has 32 heavy (non-hydrogen) atoms.